The molecule has 6 heteroatoms. The molecule has 0 saturated heterocycles. The Morgan fingerprint density at radius 2 is 1.15 bits per heavy atom. The fraction of sp³-hybridized carbons (Fsp3) is 0.0303. The number of aryl methyl sites for hydroxylation is 1. The largest absolute Gasteiger partial charge is 0.253 e. The first-order chi connectivity index (χ1) is 19.2. The highest BCUT2D eigenvalue weighted by molar-refractivity contribution is 6.09. The Morgan fingerprint density at radius 3 is 1.90 bits per heavy atom. The number of hydrogen-bond acceptors (Lipinski definition) is 6. The Hall–Kier alpha value is -5.36. The van der Waals surface area contributed by atoms with E-state index < -0.39 is 0 Å². The lowest BCUT2D eigenvalue weighted by molar-refractivity contribution is 1.05. The van der Waals surface area contributed by atoms with Gasteiger partial charge in [-0.3, -0.25) is 9.97 Å². The Morgan fingerprint density at radius 1 is 0.487 bits per heavy atom. The van der Waals surface area contributed by atoms with Crippen LogP contribution in [0.1, 0.15) is 5.69 Å². The molecular weight excluding hydrogens is 480 g/mol. The van der Waals surface area contributed by atoms with Gasteiger partial charge in [0.25, 0.3) is 0 Å². The van der Waals surface area contributed by atoms with Crippen molar-refractivity contribution in [2.45, 2.75) is 6.92 Å². The van der Waals surface area contributed by atoms with Crippen LogP contribution >= 0.6 is 0 Å². The van der Waals surface area contributed by atoms with Gasteiger partial charge >= 0.3 is 0 Å². The van der Waals surface area contributed by atoms with Crippen LogP contribution < -0.4 is 0 Å². The first kappa shape index (κ1) is 22.8. The average Bonchev–Trinajstić information content (AvgIpc) is 3.01. The molecule has 0 aliphatic heterocycles. The summed E-state index contributed by atoms with van der Waals surface area (Å²) in [6, 6.07) is 36.3. The Bertz CT molecular complexity index is 1900. The van der Waals surface area contributed by atoms with E-state index in [9.17, 15) is 0 Å². The van der Waals surface area contributed by atoms with Crippen LogP contribution in [0.2, 0.25) is 0 Å². The molecule has 4 aromatic heterocycles. The van der Waals surface area contributed by atoms with Crippen LogP contribution in [0, 0.1) is 6.92 Å². The van der Waals surface area contributed by atoms with E-state index in [1.165, 1.54) is 0 Å². The second-order valence-electron chi connectivity index (χ2n) is 9.29. The van der Waals surface area contributed by atoms with Crippen LogP contribution in [0.5, 0.6) is 0 Å². The van der Waals surface area contributed by atoms with Gasteiger partial charge in [-0.1, -0.05) is 84.9 Å². The van der Waals surface area contributed by atoms with Gasteiger partial charge < -0.3 is 0 Å². The molecule has 0 spiro atoms. The maximum Gasteiger partial charge on any atom is 0.182 e. The Labute approximate surface area is 225 Å². The summed E-state index contributed by atoms with van der Waals surface area (Å²) in [5.41, 5.74) is 6.95. The van der Waals surface area contributed by atoms with Crippen molar-refractivity contribution in [3.8, 4) is 45.6 Å². The van der Waals surface area contributed by atoms with Gasteiger partial charge in [0.1, 0.15) is 11.4 Å². The highest BCUT2D eigenvalue weighted by Crippen LogP contribution is 2.35. The van der Waals surface area contributed by atoms with Crippen LogP contribution in [-0.4, -0.2) is 29.9 Å². The van der Waals surface area contributed by atoms with E-state index in [0.29, 0.717) is 28.9 Å². The van der Waals surface area contributed by atoms with Gasteiger partial charge in [0.2, 0.25) is 0 Å². The fourth-order valence-corrected chi connectivity index (χ4v) is 4.76. The summed E-state index contributed by atoms with van der Waals surface area (Å²) in [4.78, 5) is 29.1. The molecule has 184 valence electrons. The molecule has 3 aromatic carbocycles. The summed E-state index contributed by atoms with van der Waals surface area (Å²) in [5, 5.41) is 2.06. The first-order valence-electron chi connectivity index (χ1n) is 12.7. The molecule has 4 heterocycles. The van der Waals surface area contributed by atoms with E-state index in [1.807, 2.05) is 79.7 Å². The Balaban J connectivity index is 1.55. The van der Waals surface area contributed by atoms with Crippen molar-refractivity contribution in [1.29, 1.82) is 0 Å². The Kier molecular flexibility index (Phi) is 5.56. The standard InChI is InChI=1S/C33H22N6/c1-21-15-16-23-17-18-25-26(22-10-4-2-5-11-22)20-28(36-30(25)29(23)35-21)33-38-31(24-12-6-3-7-13-24)37-32(39-33)27-14-8-9-19-34-27/h2-20H,1H3. The van der Waals surface area contributed by atoms with Crippen molar-refractivity contribution < 1.29 is 0 Å². The van der Waals surface area contributed by atoms with Crippen molar-refractivity contribution in [1.82, 2.24) is 29.9 Å². The number of benzene rings is 3. The molecule has 6 nitrogen and oxygen atoms in total. The van der Waals surface area contributed by atoms with E-state index in [4.69, 9.17) is 24.9 Å². The van der Waals surface area contributed by atoms with E-state index in [1.54, 1.807) is 6.20 Å². The topological polar surface area (TPSA) is 77.3 Å². The zero-order valence-corrected chi connectivity index (χ0v) is 21.2. The van der Waals surface area contributed by atoms with Crippen LogP contribution in [-0.2, 0) is 0 Å². The highest BCUT2D eigenvalue weighted by Gasteiger charge is 2.17. The van der Waals surface area contributed by atoms with Crippen LogP contribution in [0.4, 0.5) is 0 Å². The minimum absolute atomic E-state index is 0.480. The minimum Gasteiger partial charge on any atom is -0.253 e. The lowest BCUT2D eigenvalue weighted by Gasteiger charge is -2.13. The SMILES string of the molecule is Cc1ccc2ccc3c(-c4ccccc4)cc(-c4nc(-c5ccccc5)nc(-c5ccccn5)n4)nc3c2n1. The molecule has 39 heavy (non-hydrogen) atoms. The zero-order chi connectivity index (χ0) is 26.2. The molecule has 0 fully saturated rings. The molecule has 0 aliphatic rings. The number of pyridine rings is 3. The van der Waals surface area contributed by atoms with Gasteiger partial charge in [-0.15, -0.1) is 0 Å². The van der Waals surface area contributed by atoms with Crippen molar-refractivity contribution in [3.63, 3.8) is 0 Å². The van der Waals surface area contributed by atoms with E-state index in [2.05, 4.69) is 41.4 Å². The summed E-state index contributed by atoms with van der Waals surface area (Å²) in [6.45, 7) is 2.00. The maximum atomic E-state index is 5.13. The van der Waals surface area contributed by atoms with E-state index in [-0.39, 0.29) is 0 Å². The third-order valence-corrected chi connectivity index (χ3v) is 6.65. The number of aromatic nitrogens is 6. The quantitative estimate of drug-likeness (QED) is 0.234. The van der Waals surface area contributed by atoms with Crippen molar-refractivity contribution in [2.24, 2.45) is 0 Å². The van der Waals surface area contributed by atoms with Crippen molar-refractivity contribution in [3.05, 3.63) is 121 Å². The molecular formula is C33H22N6. The van der Waals surface area contributed by atoms with Gasteiger partial charge in [-0.25, -0.2) is 19.9 Å². The predicted octanol–water partition coefficient (Wildman–Crippen LogP) is 7.34. The van der Waals surface area contributed by atoms with Crippen molar-refractivity contribution in [2.75, 3.05) is 0 Å². The molecule has 0 unspecified atom stereocenters. The normalized spacial score (nSPS) is 11.2. The van der Waals surface area contributed by atoms with Crippen LogP contribution in [0.3, 0.4) is 0 Å². The summed E-state index contributed by atoms with van der Waals surface area (Å²) >= 11 is 0. The summed E-state index contributed by atoms with van der Waals surface area (Å²) in [5.74, 6) is 1.54. The first-order valence-corrected chi connectivity index (χ1v) is 12.7. The molecule has 0 N–H and O–H groups in total. The van der Waals surface area contributed by atoms with Gasteiger partial charge in [-0.2, -0.15) is 0 Å². The molecule has 0 bridgehead atoms. The van der Waals surface area contributed by atoms with Gasteiger partial charge in [0.15, 0.2) is 17.5 Å². The lowest BCUT2D eigenvalue weighted by atomic mass is 9.98. The number of hydrogen-bond donors (Lipinski definition) is 0. The van der Waals surface area contributed by atoms with Crippen LogP contribution in [0.25, 0.3) is 67.4 Å². The van der Waals surface area contributed by atoms with Crippen LogP contribution in [0.15, 0.2) is 115 Å². The fourth-order valence-electron chi connectivity index (χ4n) is 4.76. The number of fused-ring (bicyclic) bond motifs is 3. The molecule has 0 aliphatic carbocycles. The van der Waals surface area contributed by atoms with E-state index >= 15 is 0 Å². The highest BCUT2D eigenvalue weighted by atomic mass is 15.1. The average molecular weight is 503 g/mol. The zero-order valence-electron chi connectivity index (χ0n) is 21.2. The van der Waals surface area contributed by atoms with Crippen molar-refractivity contribution >= 4 is 21.8 Å². The lowest BCUT2D eigenvalue weighted by Crippen LogP contribution is -2.02. The third-order valence-electron chi connectivity index (χ3n) is 6.65. The molecule has 0 amide bonds. The summed E-state index contributed by atoms with van der Waals surface area (Å²) < 4.78 is 0. The number of nitrogens with zero attached hydrogens (tertiary/aromatic N) is 6. The van der Waals surface area contributed by atoms with Gasteiger partial charge in [-0.05, 0) is 42.3 Å². The second kappa shape index (κ2) is 9.50. The third kappa shape index (κ3) is 4.28. The minimum atomic E-state index is 0.480. The summed E-state index contributed by atoms with van der Waals surface area (Å²) in [6.07, 6.45) is 1.74. The second-order valence-corrected chi connectivity index (χ2v) is 9.29. The smallest absolute Gasteiger partial charge is 0.182 e. The predicted molar refractivity (Wildman–Crippen MR) is 155 cm³/mol. The van der Waals surface area contributed by atoms with E-state index in [0.717, 1.165) is 44.2 Å². The van der Waals surface area contributed by atoms with Gasteiger partial charge in [0.05, 0.1) is 11.0 Å². The molecule has 0 saturated carbocycles. The van der Waals surface area contributed by atoms with Gasteiger partial charge in [0, 0.05) is 28.2 Å². The number of rotatable bonds is 4. The molecule has 7 rings (SSSR count). The molecule has 0 radical (unpaired) electrons. The maximum absolute atomic E-state index is 5.13. The molecule has 7 aromatic rings. The summed E-state index contributed by atoms with van der Waals surface area (Å²) in [7, 11) is 0. The molecule has 0 atom stereocenters. The monoisotopic (exact) mass is 502 g/mol.